The largest absolute Gasteiger partial charge is 0.481 e. The number of rotatable bonds is 21. The van der Waals surface area contributed by atoms with Crippen LogP contribution in [0.3, 0.4) is 0 Å². The van der Waals surface area contributed by atoms with Gasteiger partial charge in [-0.25, -0.2) is 33.4 Å². The highest BCUT2D eigenvalue weighted by Gasteiger charge is 2.50. The zero-order chi connectivity index (χ0) is 48.4. The van der Waals surface area contributed by atoms with E-state index in [-0.39, 0.29) is 69.7 Å². The van der Waals surface area contributed by atoms with Crippen molar-refractivity contribution in [1.29, 1.82) is 0 Å². The van der Waals surface area contributed by atoms with Crippen molar-refractivity contribution in [3.63, 3.8) is 0 Å². The number of carbonyl (C=O) groups is 4. The number of phosphoric ester groups is 3. The van der Waals surface area contributed by atoms with Gasteiger partial charge in [-0.2, -0.15) is 4.31 Å². The number of furan rings is 1. The maximum atomic E-state index is 13.0. The number of ether oxygens (including phenoxy) is 1. The fourth-order valence-corrected chi connectivity index (χ4v) is 10.0. The molecule has 0 radical (unpaired) electrons. The van der Waals surface area contributed by atoms with E-state index in [2.05, 4.69) is 34.4 Å². The summed E-state index contributed by atoms with van der Waals surface area (Å²) in [7, 11) is -16.5. The maximum Gasteiger partial charge on any atom is 0.481 e. The molecule has 31 heteroatoms. The highest BCUT2D eigenvalue weighted by molar-refractivity contribution is 8.14. The average molecular weight is 1010 g/mol. The van der Waals surface area contributed by atoms with Gasteiger partial charge in [-0.1, -0.05) is 49.9 Å². The van der Waals surface area contributed by atoms with Crippen molar-refractivity contribution < 1.29 is 94.8 Å². The Kier molecular flexibility index (Phi) is 15.5. The molecule has 11 N–H and O–H groups in total. The molecule has 6 rings (SSSR count). The van der Waals surface area contributed by atoms with Gasteiger partial charge in [0.2, 0.25) is 16.9 Å². The topological polar surface area (TPSA) is 414 Å². The molecule has 7 atom stereocenters. The van der Waals surface area contributed by atoms with E-state index >= 15 is 0 Å². The zero-order valence-corrected chi connectivity index (χ0v) is 37.8. The minimum Gasteiger partial charge on any atom is -0.478 e. The Balaban J connectivity index is 0.929. The molecular weight excluding hydrogens is 963 g/mol. The van der Waals surface area contributed by atoms with E-state index in [1.54, 1.807) is 24.3 Å². The minimum absolute atomic E-state index is 0.0164. The number of imidazole rings is 1. The Morgan fingerprint density at radius 1 is 0.939 bits per heavy atom. The van der Waals surface area contributed by atoms with Gasteiger partial charge in [-0.3, -0.25) is 32.5 Å². The number of thioether (sulfide) groups is 1. The summed E-state index contributed by atoms with van der Waals surface area (Å²) in [6.45, 7) is 0.148. The number of phosphoric acid groups is 3. The number of carboxylic acids is 1. The monoisotopic (exact) mass is 1010 g/mol. The van der Waals surface area contributed by atoms with Crippen LogP contribution in [0.15, 0.2) is 53.5 Å². The molecule has 3 aromatic heterocycles. The van der Waals surface area contributed by atoms with Crippen molar-refractivity contribution in [3.8, 4) is 0 Å². The standard InChI is InChI=1S/C35H42N7O20P3S/c1-35(2,28(45)31(46)38-10-9-22(43)37-11-12-66-34(49)20-8-4-6-18-17-5-3-7-19(33(47)48)25(17)60-26(18)20)14-58-65(55,56)62-64(53,54)57-13-21-27(61-63(50,51)52)24(44)32(59-21)42-16-41-23-29(36)39-15-40-30(23)42/h3-8,15-16,21,24,27-28,32,44-45H,9-14H2,1-2H3,(H,37,43)(H,38,46)(H,47,48)(H,53,54)(H,55,56)(H2,36,39,40)(H2,50,51,52). The smallest absolute Gasteiger partial charge is 0.478 e. The SMILES string of the molecule is CC(C)(COP(=O)(O)OP(=O)(O)OCC1OC(n2cnc3c(N)ncnc32)C(O)C1OP(=O)(O)O)C(O)C(=O)NCCC(=O)NCCSC(=O)c1cccc2c1oc1c(C(=O)O)cccc12. The van der Waals surface area contributed by atoms with Crippen LogP contribution in [0.1, 0.15) is 47.2 Å². The molecule has 0 aliphatic carbocycles. The van der Waals surface area contributed by atoms with Crippen LogP contribution >= 0.6 is 35.2 Å². The maximum absolute atomic E-state index is 13.0. The highest BCUT2D eigenvalue weighted by Crippen LogP contribution is 2.61. The number of aliphatic hydroxyl groups is 2. The summed E-state index contributed by atoms with van der Waals surface area (Å²) in [6.07, 6.45) is -7.16. The lowest BCUT2D eigenvalue weighted by molar-refractivity contribution is -0.137. The molecule has 0 saturated carbocycles. The average Bonchev–Trinajstić information content (AvgIpc) is 3.93. The Bertz CT molecular complexity index is 2800. The second-order valence-corrected chi connectivity index (χ2v) is 20.3. The van der Waals surface area contributed by atoms with Crippen LogP contribution in [0.2, 0.25) is 0 Å². The number of hydrogen-bond donors (Lipinski definition) is 10. The Labute approximate surface area is 375 Å². The fraction of sp³-hybridized carbons (Fsp3) is 0.400. The zero-order valence-electron chi connectivity index (χ0n) is 34.3. The normalized spacial score (nSPS) is 20.2. The van der Waals surface area contributed by atoms with Gasteiger partial charge < -0.3 is 60.4 Å². The summed E-state index contributed by atoms with van der Waals surface area (Å²) >= 11 is 0.882. The molecular formula is C35H42N7O20P3S. The minimum atomic E-state index is -5.61. The summed E-state index contributed by atoms with van der Waals surface area (Å²) in [5.74, 6) is -2.65. The Morgan fingerprint density at radius 2 is 1.59 bits per heavy atom. The van der Waals surface area contributed by atoms with E-state index in [0.29, 0.717) is 10.8 Å². The van der Waals surface area contributed by atoms with E-state index in [0.717, 1.165) is 29.0 Å². The number of anilines is 1. The van der Waals surface area contributed by atoms with Crippen LogP contribution in [0, 0.1) is 5.41 Å². The number of nitrogen functional groups attached to an aromatic ring is 1. The van der Waals surface area contributed by atoms with E-state index in [9.17, 15) is 67.8 Å². The van der Waals surface area contributed by atoms with Crippen molar-refractivity contribution >= 4 is 97.0 Å². The van der Waals surface area contributed by atoms with Crippen LogP contribution in [-0.2, 0) is 45.9 Å². The number of hydrogen-bond acceptors (Lipinski definition) is 20. The van der Waals surface area contributed by atoms with Crippen molar-refractivity contribution in [3.05, 3.63) is 60.2 Å². The molecule has 0 bridgehead atoms. The predicted molar refractivity (Wildman–Crippen MR) is 227 cm³/mol. The molecule has 5 aromatic rings. The number of aromatic nitrogens is 4. The third-order valence-corrected chi connectivity index (χ3v) is 13.7. The van der Waals surface area contributed by atoms with Crippen molar-refractivity contribution in [1.82, 2.24) is 30.2 Å². The first-order chi connectivity index (χ1) is 30.9. The lowest BCUT2D eigenvalue weighted by atomic mass is 9.87. The molecule has 1 fully saturated rings. The Morgan fingerprint density at radius 3 is 2.26 bits per heavy atom. The molecule has 27 nitrogen and oxygen atoms in total. The van der Waals surface area contributed by atoms with E-state index in [1.807, 2.05) is 0 Å². The lowest BCUT2D eigenvalue weighted by Crippen LogP contribution is -2.46. The van der Waals surface area contributed by atoms with Crippen molar-refractivity contribution in [2.45, 2.75) is 50.9 Å². The van der Waals surface area contributed by atoms with Crippen LogP contribution in [0.25, 0.3) is 33.1 Å². The molecule has 7 unspecified atom stereocenters. The number of nitrogens with two attached hydrogens (primary N) is 1. The summed E-state index contributed by atoms with van der Waals surface area (Å²) in [5, 5.41) is 36.7. The highest BCUT2D eigenvalue weighted by atomic mass is 32.2. The van der Waals surface area contributed by atoms with Gasteiger partial charge in [0.25, 0.3) is 0 Å². The molecule has 1 aliphatic heterocycles. The van der Waals surface area contributed by atoms with Crippen LogP contribution < -0.4 is 16.4 Å². The first-order valence-electron chi connectivity index (χ1n) is 19.1. The molecule has 1 aliphatic rings. The summed E-state index contributed by atoms with van der Waals surface area (Å²) in [6, 6.07) is 9.52. The molecule has 2 aromatic carbocycles. The van der Waals surface area contributed by atoms with E-state index < -0.39 is 90.5 Å². The molecule has 1 saturated heterocycles. The second-order valence-electron chi connectivity index (χ2n) is 15.0. The van der Waals surface area contributed by atoms with E-state index in [4.69, 9.17) is 23.9 Å². The number of fused-ring (bicyclic) bond motifs is 4. The quantitative estimate of drug-likeness (QED) is 0.0368. The second kappa shape index (κ2) is 20.2. The van der Waals surface area contributed by atoms with Crippen LogP contribution in [-0.4, -0.2) is 134 Å². The molecule has 2 amide bonds. The fourth-order valence-electron chi connectivity index (χ4n) is 6.50. The van der Waals surface area contributed by atoms with Gasteiger partial charge >= 0.3 is 29.4 Å². The predicted octanol–water partition coefficient (Wildman–Crippen LogP) is 1.58. The number of nitrogens with zero attached hydrogens (tertiary/aromatic N) is 4. The van der Waals surface area contributed by atoms with Gasteiger partial charge in [0.1, 0.15) is 53.0 Å². The van der Waals surface area contributed by atoms with Crippen LogP contribution in [0.5, 0.6) is 0 Å². The van der Waals surface area contributed by atoms with E-state index in [1.165, 1.54) is 26.0 Å². The molecule has 358 valence electrons. The van der Waals surface area contributed by atoms with Gasteiger partial charge in [0, 0.05) is 41.5 Å². The summed E-state index contributed by atoms with van der Waals surface area (Å²) < 4.78 is 68.2. The number of amides is 2. The summed E-state index contributed by atoms with van der Waals surface area (Å²) in [5.41, 5.74) is 4.70. The van der Waals surface area contributed by atoms with Gasteiger partial charge in [0.05, 0.1) is 25.1 Å². The lowest BCUT2D eigenvalue weighted by Gasteiger charge is -2.30. The number of carbonyl (C=O) groups excluding carboxylic acids is 3. The van der Waals surface area contributed by atoms with Crippen molar-refractivity contribution in [2.75, 3.05) is 37.8 Å². The molecule has 4 heterocycles. The number of nitrogens with one attached hydrogen (secondary N) is 2. The number of para-hydroxylation sites is 2. The first kappa shape index (κ1) is 50.7. The third kappa shape index (κ3) is 12.0. The summed E-state index contributed by atoms with van der Waals surface area (Å²) in [4.78, 5) is 101. The Hall–Kier alpha value is -4.73. The van der Waals surface area contributed by atoms with Gasteiger partial charge in [-0.15, -0.1) is 0 Å². The first-order valence-corrected chi connectivity index (χ1v) is 24.6. The molecule has 0 spiro atoms. The van der Waals surface area contributed by atoms with Gasteiger partial charge in [0.15, 0.2) is 17.7 Å². The number of benzene rings is 2. The molecule has 66 heavy (non-hydrogen) atoms. The number of aliphatic hydroxyl groups excluding tert-OH is 2. The number of carboxylic acid groups (broad SMARTS) is 1. The van der Waals surface area contributed by atoms with Crippen molar-refractivity contribution in [2.24, 2.45) is 5.41 Å². The number of aromatic carboxylic acids is 1. The van der Waals surface area contributed by atoms with Gasteiger partial charge in [-0.05, 0) is 12.1 Å². The van der Waals surface area contributed by atoms with Crippen LogP contribution in [0.4, 0.5) is 5.82 Å². The third-order valence-electron chi connectivity index (χ3n) is 9.71.